The van der Waals surface area contributed by atoms with Crippen molar-refractivity contribution in [1.82, 2.24) is 9.97 Å². The predicted octanol–water partition coefficient (Wildman–Crippen LogP) is 4.31. The van der Waals surface area contributed by atoms with E-state index in [1.807, 2.05) is 25.7 Å². The Morgan fingerprint density at radius 1 is 1.09 bits per heavy atom. The van der Waals surface area contributed by atoms with Crippen LogP contribution in [-0.2, 0) is 11.6 Å². The van der Waals surface area contributed by atoms with Gasteiger partial charge in [-0.2, -0.15) is 13.2 Å². The minimum atomic E-state index is -4.33. The number of hydrogen-bond donors (Lipinski definition) is 1. The summed E-state index contributed by atoms with van der Waals surface area (Å²) in [5.74, 6) is 1.27. The standard InChI is InChI=1S/C16H17F3N4/c1-15(2,3)12-8-20-13-14(22-12)23(9-21-13)11-6-4-10(5-7-11)16(17,18)19/h4-8H,9H2,1-3H3,(H,20,21). The van der Waals surface area contributed by atoms with Gasteiger partial charge in [0.2, 0.25) is 0 Å². The molecule has 0 saturated heterocycles. The summed E-state index contributed by atoms with van der Waals surface area (Å²) in [5.41, 5.74) is 0.654. The van der Waals surface area contributed by atoms with E-state index in [1.165, 1.54) is 12.1 Å². The van der Waals surface area contributed by atoms with Gasteiger partial charge in [0, 0.05) is 11.1 Å². The number of aromatic nitrogens is 2. The van der Waals surface area contributed by atoms with E-state index in [0.29, 0.717) is 24.0 Å². The molecule has 0 fully saturated rings. The smallest absolute Gasteiger partial charge is 0.349 e. The van der Waals surface area contributed by atoms with Crippen molar-refractivity contribution in [3.8, 4) is 0 Å². The van der Waals surface area contributed by atoms with Crippen LogP contribution in [0.1, 0.15) is 32.0 Å². The minimum Gasteiger partial charge on any atom is -0.349 e. The van der Waals surface area contributed by atoms with Gasteiger partial charge in [0.15, 0.2) is 11.6 Å². The van der Waals surface area contributed by atoms with Crippen molar-refractivity contribution < 1.29 is 13.2 Å². The van der Waals surface area contributed by atoms with Crippen molar-refractivity contribution in [3.63, 3.8) is 0 Å². The van der Waals surface area contributed by atoms with Gasteiger partial charge in [-0.1, -0.05) is 20.8 Å². The monoisotopic (exact) mass is 322 g/mol. The molecule has 0 aliphatic carbocycles. The lowest BCUT2D eigenvalue weighted by atomic mass is 9.93. The molecule has 2 heterocycles. The van der Waals surface area contributed by atoms with Crippen LogP contribution in [-0.4, -0.2) is 16.6 Å². The zero-order chi connectivity index (χ0) is 16.8. The molecular weight excluding hydrogens is 305 g/mol. The van der Waals surface area contributed by atoms with Crippen LogP contribution in [0, 0.1) is 0 Å². The third-order valence-electron chi connectivity index (χ3n) is 3.69. The fourth-order valence-corrected chi connectivity index (χ4v) is 2.33. The van der Waals surface area contributed by atoms with Crippen molar-refractivity contribution in [2.45, 2.75) is 32.4 Å². The third-order valence-corrected chi connectivity index (χ3v) is 3.69. The maximum atomic E-state index is 12.7. The summed E-state index contributed by atoms with van der Waals surface area (Å²) in [4.78, 5) is 10.8. The number of alkyl halides is 3. The summed E-state index contributed by atoms with van der Waals surface area (Å²) in [6.45, 7) is 6.53. The van der Waals surface area contributed by atoms with E-state index in [9.17, 15) is 13.2 Å². The molecule has 0 saturated carbocycles. The number of halogens is 3. The highest BCUT2D eigenvalue weighted by Gasteiger charge is 2.31. The molecule has 23 heavy (non-hydrogen) atoms. The highest BCUT2D eigenvalue weighted by molar-refractivity contribution is 5.75. The number of nitrogens with zero attached hydrogens (tertiary/aromatic N) is 3. The number of rotatable bonds is 1. The SMILES string of the molecule is CC(C)(C)c1cnc2c(n1)N(c1ccc(C(F)(F)F)cc1)CN2. The molecule has 1 N–H and O–H groups in total. The molecular formula is C16H17F3N4. The average Bonchev–Trinajstić information content (AvgIpc) is 2.88. The molecule has 0 spiro atoms. The first-order valence-electron chi connectivity index (χ1n) is 7.22. The molecule has 0 bridgehead atoms. The van der Waals surface area contributed by atoms with Crippen LogP contribution in [0.3, 0.4) is 0 Å². The Morgan fingerprint density at radius 2 is 1.74 bits per heavy atom. The van der Waals surface area contributed by atoms with E-state index < -0.39 is 11.7 Å². The second-order valence-electron chi connectivity index (χ2n) is 6.49. The molecule has 7 heteroatoms. The molecule has 0 atom stereocenters. The van der Waals surface area contributed by atoms with Gasteiger partial charge in [0.25, 0.3) is 0 Å². The van der Waals surface area contributed by atoms with Crippen molar-refractivity contribution in [3.05, 3.63) is 41.7 Å². The molecule has 0 unspecified atom stereocenters. The van der Waals surface area contributed by atoms with Gasteiger partial charge in [-0.05, 0) is 24.3 Å². The molecule has 0 amide bonds. The predicted molar refractivity (Wildman–Crippen MR) is 82.8 cm³/mol. The van der Waals surface area contributed by atoms with Crippen LogP contribution < -0.4 is 10.2 Å². The maximum absolute atomic E-state index is 12.7. The Hall–Kier alpha value is -2.31. The molecule has 1 aliphatic heterocycles. The molecule has 0 radical (unpaired) electrons. The fourth-order valence-electron chi connectivity index (χ4n) is 2.33. The molecule has 1 aromatic carbocycles. The van der Waals surface area contributed by atoms with E-state index in [-0.39, 0.29) is 5.41 Å². The average molecular weight is 322 g/mol. The number of anilines is 3. The summed E-state index contributed by atoms with van der Waals surface area (Å²) in [7, 11) is 0. The van der Waals surface area contributed by atoms with Gasteiger partial charge in [0.05, 0.1) is 24.1 Å². The first kappa shape index (κ1) is 15.6. The molecule has 1 aliphatic rings. The van der Waals surface area contributed by atoms with Gasteiger partial charge in [-0.3, -0.25) is 0 Å². The van der Waals surface area contributed by atoms with Crippen LogP contribution in [0.2, 0.25) is 0 Å². The minimum absolute atomic E-state index is 0.156. The lowest BCUT2D eigenvalue weighted by molar-refractivity contribution is -0.137. The van der Waals surface area contributed by atoms with Crippen molar-refractivity contribution in [2.75, 3.05) is 16.9 Å². The second-order valence-corrected chi connectivity index (χ2v) is 6.49. The zero-order valence-corrected chi connectivity index (χ0v) is 13.1. The quantitative estimate of drug-likeness (QED) is 0.849. The number of fused-ring (bicyclic) bond motifs is 1. The van der Waals surface area contributed by atoms with E-state index in [1.54, 1.807) is 6.20 Å². The first-order chi connectivity index (χ1) is 10.7. The van der Waals surface area contributed by atoms with Gasteiger partial charge in [-0.25, -0.2) is 9.97 Å². The summed E-state index contributed by atoms with van der Waals surface area (Å²) >= 11 is 0. The van der Waals surface area contributed by atoms with E-state index >= 15 is 0 Å². The Morgan fingerprint density at radius 3 is 2.30 bits per heavy atom. The summed E-state index contributed by atoms with van der Waals surface area (Å²) in [6, 6.07) is 5.05. The van der Waals surface area contributed by atoms with E-state index in [4.69, 9.17) is 0 Å². The lowest BCUT2D eigenvalue weighted by Crippen LogP contribution is -2.19. The summed E-state index contributed by atoms with van der Waals surface area (Å²) in [6.07, 6.45) is -2.61. The molecule has 122 valence electrons. The largest absolute Gasteiger partial charge is 0.416 e. The summed E-state index contributed by atoms with van der Waals surface area (Å²) < 4.78 is 38.0. The van der Waals surface area contributed by atoms with Crippen LogP contribution in [0.4, 0.5) is 30.5 Å². The number of hydrogen-bond acceptors (Lipinski definition) is 4. The van der Waals surface area contributed by atoms with Gasteiger partial charge in [-0.15, -0.1) is 0 Å². The molecule has 3 rings (SSSR count). The highest BCUT2D eigenvalue weighted by Crippen LogP contribution is 2.37. The van der Waals surface area contributed by atoms with Crippen molar-refractivity contribution in [2.24, 2.45) is 0 Å². The van der Waals surface area contributed by atoms with Gasteiger partial charge >= 0.3 is 6.18 Å². The van der Waals surface area contributed by atoms with Crippen molar-refractivity contribution >= 4 is 17.3 Å². The highest BCUT2D eigenvalue weighted by atomic mass is 19.4. The molecule has 4 nitrogen and oxygen atoms in total. The first-order valence-corrected chi connectivity index (χ1v) is 7.22. The number of benzene rings is 1. The third kappa shape index (κ3) is 2.95. The molecule has 2 aromatic rings. The lowest BCUT2D eigenvalue weighted by Gasteiger charge is -2.21. The maximum Gasteiger partial charge on any atom is 0.416 e. The van der Waals surface area contributed by atoms with Crippen LogP contribution in [0.5, 0.6) is 0 Å². The van der Waals surface area contributed by atoms with E-state index in [2.05, 4.69) is 15.3 Å². The Bertz CT molecular complexity index is 718. The van der Waals surface area contributed by atoms with E-state index in [0.717, 1.165) is 17.8 Å². The van der Waals surface area contributed by atoms with Crippen molar-refractivity contribution in [1.29, 1.82) is 0 Å². The second kappa shape index (κ2) is 5.11. The Kier molecular flexibility index (Phi) is 3.46. The van der Waals surface area contributed by atoms with Gasteiger partial charge < -0.3 is 10.2 Å². The normalized spacial score (nSPS) is 14.6. The molecule has 1 aromatic heterocycles. The topological polar surface area (TPSA) is 41.1 Å². The van der Waals surface area contributed by atoms with Crippen LogP contribution in [0.15, 0.2) is 30.5 Å². The Balaban J connectivity index is 1.96. The Labute approximate surface area is 132 Å². The van der Waals surface area contributed by atoms with Crippen LogP contribution >= 0.6 is 0 Å². The van der Waals surface area contributed by atoms with Gasteiger partial charge in [0.1, 0.15) is 0 Å². The number of nitrogens with one attached hydrogen (secondary N) is 1. The van der Waals surface area contributed by atoms with Crippen LogP contribution in [0.25, 0.3) is 0 Å². The fraction of sp³-hybridized carbons (Fsp3) is 0.375. The summed E-state index contributed by atoms with van der Waals surface area (Å²) in [5, 5.41) is 3.10. The zero-order valence-electron chi connectivity index (χ0n) is 13.1.